The molecule has 5 nitrogen and oxygen atoms in total. The van der Waals surface area contributed by atoms with Gasteiger partial charge in [0.2, 0.25) is 0 Å². The first kappa shape index (κ1) is 16.0. The molecule has 1 aliphatic rings. The number of aromatic nitrogens is 2. The first-order valence-electron chi connectivity index (χ1n) is 7.48. The average Bonchev–Trinajstić information content (AvgIpc) is 3.15. The topological polar surface area (TPSA) is 50.2 Å². The van der Waals surface area contributed by atoms with Gasteiger partial charge in [0, 0.05) is 19.6 Å². The Kier molecular flexibility index (Phi) is 4.37. The maximum atomic E-state index is 13.1. The molecule has 3 rings (SSSR count). The lowest BCUT2D eigenvalue weighted by Crippen LogP contribution is -2.38. The molecule has 0 spiro atoms. The second kappa shape index (κ2) is 6.29. The average molecular weight is 337 g/mol. The number of nitrogens with zero attached hydrogens (tertiary/aromatic N) is 3. The van der Waals surface area contributed by atoms with Crippen molar-refractivity contribution in [1.82, 2.24) is 20.0 Å². The number of carbonyl (C=O) groups is 1. The minimum Gasteiger partial charge on any atom is -0.337 e. The molecule has 1 N–H and O–H groups in total. The molecule has 1 atom stereocenters. The lowest BCUT2D eigenvalue weighted by atomic mass is 10.2. The number of nitrogens with one attached hydrogen (secondary N) is 1. The Labute approximate surface area is 139 Å². The third kappa shape index (κ3) is 2.96. The summed E-state index contributed by atoms with van der Waals surface area (Å²) >= 11 is 6.39. The predicted molar refractivity (Wildman–Crippen MR) is 86.6 cm³/mol. The summed E-state index contributed by atoms with van der Waals surface area (Å²) in [5.41, 5.74) is 1.57. The molecule has 1 aromatic carbocycles. The van der Waals surface area contributed by atoms with Gasteiger partial charge in [-0.15, -0.1) is 0 Å². The molecule has 0 bridgehead atoms. The SMILES string of the molecule is Cc1nn(-c2ccc(F)cc2)c(Cl)c1C(=O)N(C)[C@H]1CCNC1. The van der Waals surface area contributed by atoms with Crippen LogP contribution >= 0.6 is 11.6 Å². The molecule has 7 heteroatoms. The molecule has 1 amide bonds. The highest BCUT2D eigenvalue weighted by Gasteiger charge is 2.29. The lowest BCUT2D eigenvalue weighted by Gasteiger charge is -2.23. The number of hydrogen-bond acceptors (Lipinski definition) is 3. The molecule has 0 unspecified atom stereocenters. The summed E-state index contributed by atoms with van der Waals surface area (Å²) in [5.74, 6) is -0.479. The second-order valence-electron chi connectivity index (χ2n) is 5.70. The van der Waals surface area contributed by atoms with Crippen LogP contribution in [-0.4, -0.2) is 46.8 Å². The molecule has 1 fully saturated rings. The van der Waals surface area contributed by atoms with E-state index in [2.05, 4.69) is 10.4 Å². The molecule has 2 aromatic rings. The van der Waals surface area contributed by atoms with Crippen molar-refractivity contribution in [2.75, 3.05) is 20.1 Å². The van der Waals surface area contributed by atoms with Crippen LogP contribution in [0.25, 0.3) is 5.69 Å². The van der Waals surface area contributed by atoms with Gasteiger partial charge in [-0.3, -0.25) is 4.79 Å². The van der Waals surface area contributed by atoms with Crippen LogP contribution in [0.1, 0.15) is 22.5 Å². The maximum absolute atomic E-state index is 13.1. The van der Waals surface area contributed by atoms with E-state index in [0.717, 1.165) is 19.5 Å². The van der Waals surface area contributed by atoms with Crippen LogP contribution < -0.4 is 5.32 Å². The van der Waals surface area contributed by atoms with Crippen LogP contribution in [0, 0.1) is 12.7 Å². The van der Waals surface area contributed by atoms with Crippen LogP contribution in [0.15, 0.2) is 24.3 Å². The number of halogens is 2. The van der Waals surface area contributed by atoms with Crippen molar-refractivity contribution in [3.63, 3.8) is 0 Å². The minimum atomic E-state index is -0.335. The smallest absolute Gasteiger partial charge is 0.258 e. The molecule has 0 radical (unpaired) electrons. The van der Waals surface area contributed by atoms with Crippen molar-refractivity contribution in [1.29, 1.82) is 0 Å². The number of aryl methyl sites for hydroxylation is 1. The van der Waals surface area contributed by atoms with Crippen molar-refractivity contribution in [2.45, 2.75) is 19.4 Å². The molecule has 122 valence electrons. The molecular weight excluding hydrogens is 319 g/mol. The zero-order valence-corrected chi connectivity index (χ0v) is 13.8. The van der Waals surface area contributed by atoms with E-state index in [9.17, 15) is 9.18 Å². The second-order valence-corrected chi connectivity index (χ2v) is 6.06. The highest BCUT2D eigenvalue weighted by molar-refractivity contribution is 6.33. The lowest BCUT2D eigenvalue weighted by molar-refractivity contribution is 0.0743. The van der Waals surface area contributed by atoms with Crippen LogP contribution in [0.5, 0.6) is 0 Å². The Morgan fingerprint density at radius 1 is 1.43 bits per heavy atom. The monoisotopic (exact) mass is 336 g/mol. The summed E-state index contributed by atoms with van der Waals surface area (Å²) in [6.07, 6.45) is 0.922. The molecule has 23 heavy (non-hydrogen) atoms. The van der Waals surface area contributed by atoms with E-state index in [4.69, 9.17) is 11.6 Å². The van der Waals surface area contributed by atoms with Crippen LogP contribution in [-0.2, 0) is 0 Å². The number of rotatable bonds is 3. The first-order valence-corrected chi connectivity index (χ1v) is 7.85. The van der Waals surface area contributed by atoms with Gasteiger partial charge in [-0.25, -0.2) is 9.07 Å². The summed E-state index contributed by atoms with van der Waals surface area (Å²) in [6.45, 7) is 3.44. The van der Waals surface area contributed by atoms with Gasteiger partial charge in [-0.05, 0) is 44.2 Å². The van der Waals surface area contributed by atoms with Crippen molar-refractivity contribution in [3.8, 4) is 5.69 Å². The standard InChI is InChI=1S/C16H18ClFN4O/c1-10-14(16(23)21(2)13-7-8-19-9-13)15(17)22(20-10)12-5-3-11(18)4-6-12/h3-6,13,19H,7-9H2,1-2H3/t13-/m0/s1. The van der Waals surface area contributed by atoms with E-state index in [1.807, 2.05) is 0 Å². The van der Waals surface area contributed by atoms with Gasteiger partial charge in [0.25, 0.3) is 5.91 Å². The van der Waals surface area contributed by atoms with Crippen molar-refractivity contribution < 1.29 is 9.18 Å². The van der Waals surface area contributed by atoms with Gasteiger partial charge in [0.15, 0.2) is 0 Å². The van der Waals surface area contributed by atoms with Crippen LogP contribution in [0.4, 0.5) is 4.39 Å². The van der Waals surface area contributed by atoms with Gasteiger partial charge >= 0.3 is 0 Å². The fourth-order valence-electron chi connectivity index (χ4n) is 2.81. The zero-order chi connectivity index (χ0) is 16.6. The summed E-state index contributed by atoms with van der Waals surface area (Å²) in [6, 6.07) is 5.98. The van der Waals surface area contributed by atoms with E-state index < -0.39 is 0 Å². The van der Waals surface area contributed by atoms with E-state index in [1.54, 1.807) is 31.0 Å². The highest BCUT2D eigenvalue weighted by Crippen LogP contribution is 2.25. The maximum Gasteiger partial charge on any atom is 0.258 e. The molecule has 1 aliphatic heterocycles. The molecule has 0 aliphatic carbocycles. The molecular formula is C16H18ClFN4O. The van der Waals surface area contributed by atoms with Crippen LogP contribution in [0.3, 0.4) is 0 Å². The summed E-state index contributed by atoms with van der Waals surface area (Å²) in [4.78, 5) is 14.5. The Morgan fingerprint density at radius 2 is 2.13 bits per heavy atom. The fourth-order valence-corrected chi connectivity index (χ4v) is 3.16. The quantitative estimate of drug-likeness (QED) is 0.936. The number of amides is 1. The van der Waals surface area contributed by atoms with Crippen molar-refractivity contribution in [2.24, 2.45) is 0 Å². The van der Waals surface area contributed by atoms with E-state index in [0.29, 0.717) is 16.9 Å². The fraction of sp³-hybridized carbons (Fsp3) is 0.375. The third-order valence-corrected chi connectivity index (χ3v) is 4.54. The number of likely N-dealkylation sites (N-methyl/N-ethyl adjacent to an activating group) is 1. The number of carbonyl (C=O) groups excluding carboxylic acids is 1. The normalized spacial score (nSPS) is 17.5. The van der Waals surface area contributed by atoms with Gasteiger partial charge in [0.05, 0.1) is 16.9 Å². The molecule has 1 aromatic heterocycles. The largest absolute Gasteiger partial charge is 0.337 e. The Morgan fingerprint density at radius 3 is 2.74 bits per heavy atom. The zero-order valence-electron chi connectivity index (χ0n) is 13.0. The van der Waals surface area contributed by atoms with Crippen LogP contribution in [0.2, 0.25) is 5.15 Å². The number of benzene rings is 1. The Hall–Kier alpha value is -1.92. The Balaban J connectivity index is 1.94. The summed E-state index contributed by atoms with van der Waals surface area (Å²) in [7, 11) is 1.78. The molecule has 0 saturated carbocycles. The molecule has 1 saturated heterocycles. The number of hydrogen-bond donors (Lipinski definition) is 1. The minimum absolute atomic E-state index is 0.144. The van der Waals surface area contributed by atoms with Crippen molar-refractivity contribution >= 4 is 17.5 Å². The van der Waals surface area contributed by atoms with Gasteiger partial charge in [0.1, 0.15) is 11.0 Å². The highest BCUT2D eigenvalue weighted by atomic mass is 35.5. The summed E-state index contributed by atoms with van der Waals surface area (Å²) < 4.78 is 14.5. The van der Waals surface area contributed by atoms with Gasteiger partial charge in [-0.1, -0.05) is 11.6 Å². The van der Waals surface area contributed by atoms with Gasteiger partial charge in [-0.2, -0.15) is 5.10 Å². The van der Waals surface area contributed by atoms with E-state index in [-0.39, 0.29) is 22.9 Å². The van der Waals surface area contributed by atoms with E-state index in [1.165, 1.54) is 16.8 Å². The third-order valence-electron chi connectivity index (χ3n) is 4.19. The Bertz CT molecular complexity index is 722. The predicted octanol–water partition coefficient (Wildman–Crippen LogP) is 2.41. The van der Waals surface area contributed by atoms with Gasteiger partial charge < -0.3 is 10.2 Å². The van der Waals surface area contributed by atoms with Crippen molar-refractivity contribution in [3.05, 3.63) is 46.5 Å². The first-order chi connectivity index (χ1) is 11.0. The summed E-state index contributed by atoms with van der Waals surface area (Å²) in [5, 5.41) is 7.83. The van der Waals surface area contributed by atoms with E-state index >= 15 is 0 Å². The molecule has 2 heterocycles.